The number of unbranched alkanes of at least 4 members (excludes halogenated alkanes) is 1. The van der Waals surface area contributed by atoms with Gasteiger partial charge >= 0.3 is 0 Å². The molecule has 0 fully saturated rings. The van der Waals surface area contributed by atoms with Crippen molar-refractivity contribution in [3.05, 3.63) is 81.8 Å². The fourth-order valence-corrected chi connectivity index (χ4v) is 4.06. The number of aromatic hydroxyl groups is 1. The molecule has 0 aromatic heterocycles. The van der Waals surface area contributed by atoms with Crippen molar-refractivity contribution < 1.29 is 24.2 Å². The molecule has 1 aliphatic heterocycles. The SMILES string of the molecule is CCCCOc1ccc(C(=O)NN2C(=O)c3cc(Br)ccc3NC2c2cc(OC)ccc2O)cc1. The van der Waals surface area contributed by atoms with Gasteiger partial charge in [-0.15, -0.1) is 0 Å². The molecule has 1 unspecified atom stereocenters. The van der Waals surface area contributed by atoms with E-state index < -0.39 is 18.0 Å². The molecule has 0 bridgehead atoms. The number of halogens is 1. The van der Waals surface area contributed by atoms with E-state index in [9.17, 15) is 14.7 Å². The second-order valence-corrected chi connectivity index (χ2v) is 8.92. The first kappa shape index (κ1) is 24.4. The zero-order valence-corrected chi connectivity index (χ0v) is 21.0. The lowest BCUT2D eigenvalue weighted by Gasteiger charge is -2.38. The minimum atomic E-state index is -0.883. The fraction of sp³-hybridized carbons (Fsp3) is 0.231. The van der Waals surface area contributed by atoms with Crippen LogP contribution in [0.3, 0.4) is 0 Å². The summed E-state index contributed by atoms with van der Waals surface area (Å²) in [5, 5.41) is 15.0. The van der Waals surface area contributed by atoms with Crippen LogP contribution in [0.1, 0.15) is 52.2 Å². The maximum Gasteiger partial charge on any atom is 0.276 e. The van der Waals surface area contributed by atoms with Crippen LogP contribution in [0.5, 0.6) is 17.2 Å². The van der Waals surface area contributed by atoms with Gasteiger partial charge in [0.05, 0.1) is 19.3 Å². The third-order valence-electron chi connectivity index (χ3n) is 5.62. The lowest BCUT2D eigenvalue weighted by atomic mass is 10.0. The number of benzene rings is 3. The lowest BCUT2D eigenvalue weighted by molar-refractivity contribution is 0.0488. The summed E-state index contributed by atoms with van der Waals surface area (Å²) in [6, 6.07) is 16.7. The van der Waals surface area contributed by atoms with E-state index in [0.717, 1.165) is 17.3 Å². The number of rotatable bonds is 8. The molecule has 182 valence electrons. The summed E-state index contributed by atoms with van der Waals surface area (Å²) in [4.78, 5) is 26.6. The predicted octanol–water partition coefficient (Wildman–Crippen LogP) is 5.25. The number of hydrogen-bond acceptors (Lipinski definition) is 6. The Kier molecular flexibility index (Phi) is 7.45. The number of amides is 2. The molecule has 0 spiro atoms. The van der Waals surface area contributed by atoms with Gasteiger partial charge in [-0.1, -0.05) is 29.3 Å². The summed E-state index contributed by atoms with van der Waals surface area (Å²) in [5.74, 6) is 0.206. The van der Waals surface area contributed by atoms with Crippen LogP contribution in [0.15, 0.2) is 65.1 Å². The highest BCUT2D eigenvalue weighted by Crippen LogP contribution is 2.38. The summed E-state index contributed by atoms with van der Waals surface area (Å²) in [6.45, 7) is 2.69. The van der Waals surface area contributed by atoms with Gasteiger partial charge in [0, 0.05) is 21.3 Å². The van der Waals surface area contributed by atoms with E-state index in [1.807, 2.05) is 0 Å². The zero-order chi connectivity index (χ0) is 24.9. The summed E-state index contributed by atoms with van der Waals surface area (Å²) >= 11 is 3.39. The Bertz CT molecular complexity index is 1230. The molecule has 3 N–H and O–H groups in total. The Morgan fingerprint density at radius 2 is 1.86 bits per heavy atom. The number of nitrogens with zero attached hydrogens (tertiary/aromatic N) is 1. The number of fused-ring (bicyclic) bond motifs is 1. The molecule has 2 amide bonds. The fourth-order valence-electron chi connectivity index (χ4n) is 3.70. The first-order chi connectivity index (χ1) is 16.9. The smallest absolute Gasteiger partial charge is 0.276 e. The van der Waals surface area contributed by atoms with Crippen molar-refractivity contribution in [3.8, 4) is 17.2 Å². The van der Waals surface area contributed by atoms with E-state index >= 15 is 0 Å². The number of carbonyl (C=O) groups excluding carboxylic acids is 2. The number of hydrazine groups is 1. The van der Waals surface area contributed by atoms with Crippen molar-refractivity contribution in [1.82, 2.24) is 10.4 Å². The van der Waals surface area contributed by atoms with E-state index in [1.54, 1.807) is 54.6 Å². The Labute approximate surface area is 212 Å². The number of hydrogen-bond donors (Lipinski definition) is 3. The number of phenols is 1. The maximum absolute atomic E-state index is 13.5. The number of carbonyl (C=O) groups is 2. The Morgan fingerprint density at radius 1 is 1.11 bits per heavy atom. The second kappa shape index (κ2) is 10.7. The minimum absolute atomic E-state index is 0.0514. The average Bonchev–Trinajstić information content (AvgIpc) is 2.87. The topological polar surface area (TPSA) is 100 Å². The van der Waals surface area contributed by atoms with Crippen molar-refractivity contribution >= 4 is 33.4 Å². The first-order valence-electron chi connectivity index (χ1n) is 11.2. The summed E-state index contributed by atoms with van der Waals surface area (Å²) < 4.78 is 11.7. The minimum Gasteiger partial charge on any atom is -0.508 e. The van der Waals surface area contributed by atoms with Crippen LogP contribution in [0.25, 0.3) is 0 Å². The highest BCUT2D eigenvalue weighted by Gasteiger charge is 2.36. The highest BCUT2D eigenvalue weighted by molar-refractivity contribution is 9.10. The highest BCUT2D eigenvalue weighted by atomic mass is 79.9. The van der Waals surface area contributed by atoms with Crippen molar-refractivity contribution in [2.24, 2.45) is 0 Å². The summed E-state index contributed by atoms with van der Waals surface area (Å²) in [7, 11) is 1.51. The number of ether oxygens (including phenoxy) is 2. The van der Waals surface area contributed by atoms with E-state index in [-0.39, 0.29) is 5.75 Å². The molecule has 0 saturated carbocycles. The molecule has 3 aromatic rings. The number of anilines is 1. The Balaban J connectivity index is 1.64. The van der Waals surface area contributed by atoms with E-state index in [2.05, 4.69) is 33.6 Å². The molecule has 0 aliphatic carbocycles. The second-order valence-electron chi connectivity index (χ2n) is 8.00. The van der Waals surface area contributed by atoms with Crippen molar-refractivity contribution in [3.63, 3.8) is 0 Å². The molecule has 1 aliphatic rings. The molecular formula is C26H26BrN3O5. The van der Waals surface area contributed by atoms with Gasteiger partial charge < -0.3 is 19.9 Å². The third kappa shape index (κ3) is 5.35. The van der Waals surface area contributed by atoms with Crippen LogP contribution < -0.4 is 20.2 Å². The van der Waals surface area contributed by atoms with Gasteiger partial charge in [0.25, 0.3) is 11.8 Å². The van der Waals surface area contributed by atoms with Crippen molar-refractivity contribution in [2.45, 2.75) is 25.9 Å². The van der Waals surface area contributed by atoms with Gasteiger partial charge in [-0.25, -0.2) is 5.01 Å². The van der Waals surface area contributed by atoms with Gasteiger partial charge in [-0.2, -0.15) is 0 Å². The van der Waals surface area contributed by atoms with Gasteiger partial charge in [-0.05, 0) is 67.1 Å². The number of methoxy groups -OCH3 is 1. The van der Waals surface area contributed by atoms with Crippen molar-refractivity contribution in [1.29, 1.82) is 0 Å². The van der Waals surface area contributed by atoms with Crippen LogP contribution >= 0.6 is 15.9 Å². The molecule has 8 nitrogen and oxygen atoms in total. The molecule has 35 heavy (non-hydrogen) atoms. The Hall–Kier alpha value is -3.72. The number of phenolic OH excluding ortho intramolecular Hbond substituents is 1. The summed E-state index contributed by atoms with van der Waals surface area (Å²) in [5.41, 5.74) is 4.37. The van der Waals surface area contributed by atoms with Crippen LogP contribution in [0.2, 0.25) is 0 Å². The van der Waals surface area contributed by atoms with Gasteiger partial charge in [0.15, 0.2) is 6.17 Å². The standard InChI is InChI=1S/C26H26BrN3O5/c1-3-4-13-35-18-8-5-16(6-9-18)25(32)29-30-24(21-15-19(34-2)10-12-23(21)31)28-22-11-7-17(27)14-20(22)26(30)33/h5-12,14-15,24,28,31H,3-4,13H2,1-2H3,(H,29,32). The van der Waals surface area contributed by atoms with E-state index in [1.165, 1.54) is 18.2 Å². The summed E-state index contributed by atoms with van der Waals surface area (Å²) in [6.07, 6.45) is 1.09. The Morgan fingerprint density at radius 3 is 2.57 bits per heavy atom. The normalized spacial score (nSPS) is 14.7. The first-order valence-corrected chi connectivity index (χ1v) is 12.0. The molecule has 4 rings (SSSR count). The van der Waals surface area contributed by atoms with E-state index in [0.29, 0.717) is 40.5 Å². The molecule has 9 heteroatoms. The van der Waals surface area contributed by atoms with Gasteiger partial charge in [0.1, 0.15) is 17.2 Å². The molecular weight excluding hydrogens is 514 g/mol. The zero-order valence-electron chi connectivity index (χ0n) is 19.4. The molecule has 1 atom stereocenters. The monoisotopic (exact) mass is 539 g/mol. The van der Waals surface area contributed by atoms with Crippen molar-refractivity contribution in [2.75, 3.05) is 19.0 Å². The predicted molar refractivity (Wildman–Crippen MR) is 136 cm³/mol. The lowest BCUT2D eigenvalue weighted by Crippen LogP contribution is -2.52. The third-order valence-corrected chi connectivity index (χ3v) is 6.11. The van der Waals surface area contributed by atoms with E-state index in [4.69, 9.17) is 9.47 Å². The van der Waals surface area contributed by atoms with Crippen LogP contribution in [0, 0.1) is 0 Å². The molecule has 0 radical (unpaired) electrons. The van der Waals surface area contributed by atoms with Gasteiger partial charge in [0.2, 0.25) is 0 Å². The average molecular weight is 540 g/mol. The van der Waals surface area contributed by atoms with Gasteiger partial charge in [-0.3, -0.25) is 15.0 Å². The largest absolute Gasteiger partial charge is 0.508 e. The van der Waals surface area contributed by atoms with Crippen LogP contribution in [0.4, 0.5) is 5.69 Å². The molecule has 1 heterocycles. The maximum atomic E-state index is 13.5. The number of nitrogens with one attached hydrogen (secondary N) is 2. The molecule has 3 aromatic carbocycles. The van der Waals surface area contributed by atoms with Crippen LogP contribution in [-0.4, -0.2) is 35.6 Å². The van der Waals surface area contributed by atoms with Crippen LogP contribution in [-0.2, 0) is 0 Å². The molecule has 0 saturated heterocycles. The quantitative estimate of drug-likeness (QED) is 0.338.